The third-order valence-corrected chi connectivity index (χ3v) is 4.46. The minimum absolute atomic E-state index is 0.370. The molecule has 0 aliphatic carbocycles. The van der Waals surface area contributed by atoms with Crippen molar-refractivity contribution in [1.29, 1.82) is 0 Å². The number of nitrogens with one attached hydrogen (secondary N) is 2. The van der Waals surface area contributed by atoms with Gasteiger partial charge in [-0.3, -0.25) is 5.32 Å². The molecule has 136 valence electrons. The fraction of sp³-hybridized carbons (Fsp3) is 0.389. The molecule has 0 fully saturated rings. The van der Waals surface area contributed by atoms with Crippen LogP contribution in [0.3, 0.4) is 0 Å². The Morgan fingerprint density at radius 1 is 1.28 bits per heavy atom. The predicted octanol–water partition coefficient (Wildman–Crippen LogP) is 4.73. The number of anilines is 2. The van der Waals surface area contributed by atoms with Gasteiger partial charge >= 0.3 is 6.03 Å². The Labute approximate surface area is 159 Å². The maximum atomic E-state index is 12.3. The summed E-state index contributed by atoms with van der Waals surface area (Å²) in [6.45, 7) is 4.60. The molecule has 2 aromatic rings. The summed E-state index contributed by atoms with van der Waals surface area (Å²) in [6, 6.07) is 5.01. The number of rotatable bonds is 6. The predicted molar refractivity (Wildman–Crippen MR) is 107 cm³/mol. The van der Waals surface area contributed by atoms with Crippen molar-refractivity contribution < 1.29 is 9.21 Å². The van der Waals surface area contributed by atoms with Gasteiger partial charge in [-0.05, 0) is 51.4 Å². The maximum Gasteiger partial charge on any atom is 0.326 e. The molecule has 2 amide bonds. The topological polar surface area (TPSA) is 57.5 Å². The highest BCUT2D eigenvalue weighted by molar-refractivity contribution is 7.80. The molecule has 0 atom stereocenters. The molecule has 0 aliphatic rings. The van der Waals surface area contributed by atoms with Gasteiger partial charge < -0.3 is 14.6 Å². The van der Waals surface area contributed by atoms with Crippen molar-refractivity contribution in [3.05, 3.63) is 45.7 Å². The van der Waals surface area contributed by atoms with Crippen LogP contribution in [0.25, 0.3) is 0 Å². The molecule has 1 aromatic carbocycles. The van der Waals surface area contributed by atoms with Crippen molar-refractivity contribution in [3.63, 3.8) is 0 Å². The van der Waals surface area contributed by atoms with E-state index in [-0.39, 0.29) is 6.03 Å². The summed E-state index contributed by atoms with van der Waals surface area (Å²) < 4.78 is 5.86. The zero-order valence-corrected chi connectivity index (χ0v) is 16.6. The lowest BCUT2D eigenvalue weighted by atomic mass is 10.1. The Balaban J connectivity index is 2.15. The van der Waals surface area contributed by atoms with Gasteiger partial charge in [-0.15, -0.1) is 0 Å². The van der Waals surface area contributed by atoms with Gasteiger partial charge in [0.2, 0.25) is 5.88 Å². The first-order valence-corrected chi connectivity index (χ1v) is 9.03. The number of halogens is 1. The quantitative estimate of drug-likeness (QED) is 0.634. The van der Waals surface area contributed by atoms with Crippen LogP contribution in [0.1, 0.15) is 22.5 Å². The Bertz CT molecular complexity index is 759. The molecule has 0 spiro atoms. The molecule has 0 unspecified atom stereocenters. The Kier molecular flexibility index (Phi) is 6.81. The maximum absolute atomic E-state index is 12.3. The minimum Gasteiger partial charge on any atom is -0.445 e. The van der Waals surface area contributed by atoms with E-state index in [1.165, 1.54) is 0 Å². The van der Waals surface area contributed by atoms with Crippen molar-refractivity contribution in [2.75, 3.05) is 30.5 Å². The van der Waals surface area contributed by atoms with Crippen LogP contribution in [0, 0.1) is 13.8 Å². The van der Waals surface area contributed by atoms with E-state index in [2.05, 4.69) is 28.2 Å². The molecule has 0 aliphatic heterocycles. The highest BCUT2D eigenvalue weighted by atomic mass is 35.5. The summed E-state index contributed by atoms with van der Waals surface area (Å²) >= 11 is 10.4. The Morgan fingerprint density at radius 2 is 2.00 bits per heavy atom. The first-order chi connectivity index (χ1) is 11.8. The largest absolute Gasteiger partial charge is 0.445 e. The fourth-order valence-electron chi connectivity index (χ4n) is 2.49. The molecular formula is C18H24ClN3O2S. The summed E-state index contributed by atoms with van der Waals surface area (Å²) in [7, 11) is 4.00. The molecular weight excluding hydrogens is 358 g/mol. The van der Waals surface area contributed by atoms with Gasteiger partial charge in [-0.25, -0.2) is 4.79 Å². The number of nitrogens with zero attached hydrogens (tertiary/aromatic N) is 1. The average molecular weight is 382 g/mol. The third-order valence-electron chi connectivity index (χ3n) is 3.83. The number of aryl methyl sites for hydroxylation is 2. The zero-order valence-electron chi connectivity index (χ0n) is 14.9. The van der Waals surface area contributed by atoms with Gasteiger partial charge in [0.05, 0.1) is 0 Å². The Morgan fingerprint density at radius 3 is 2.60 bits per heavy atom. The van der Waals surface area contributed by atoms with Crippen molar-refractivity contribution in [2.45, 2.75) is 26.8 Å². The van der Waals surface area contributed by atoms with E-state index in [9.17, 15) is 4.79 Å². The molecule has 0 bridgehead atoms. The Hall–Kier alpha value is -1.63. The first-order valence-electron chi connectivity index (χ1n) is 8.02. The van der Waals surface area contributed by atoms with Crippen molar-refractivity contribution in [2.24, 2.45) is 0 Å². The minimum atomic E-state index is -0.370. The van der Waals surface area contributed by atoms with Crippen LogP contribution in [-0.4, -0.2) is 30.8 Å². The van der Waals surface area contributed by atoms with Gasteiger partial charge in [-0.2, -0.15) is 12.6 Å². The molecule has 0 radical (unpaired) electrons. The van der Waals surface area contributed by atoms with Gasteiger partial charge in [0.25, 0.3) is 0 Å². The van der Waals surface area contributed by atoms with E-state index in [0.717, 1.165) is 29.0 Å². The molecule has 2 rings (SSSR count). The number of hydrogen-bond donors (Lipinski definition) is 3. The van der Waals surface area contributed by atoms with Gasteiger partial charge in [0.15, 0.2) is 0 Å². The molecule has 0 saturated carbocycles. The monoisotopic (exact) mass is 381 g/mol. The van der Waals surface area contributed by atoms with E-state index in [1.807, 2.05) is 34.0 Å². The summed E-state index contributed by atoms with van der Waals surface area (Å²) in [5.41, 5.74) is 3.61. The molecule has 25 heavy (non-hydrogen) atoms. The number of furan rings is 1. The molecule has 7 heteroatoms. The van der Waals surface area contributed by atoms with Crippen molar-refractivity contribution in [3.8, 4) is 0 Å². The van der Waals surface area contributed by atoms with Crippen LogP contribution in [-0.2, 0) is 13.0 Å². The van der Waals surface area contributed by atoms with Crippen LogP contribution in [0.5, 0.6) is 0 Å². The summed E-state index contributed by atoms with van der Waals surface area (Å²) in [5, 5.41) is 6.16. The molecule has 0 saturated heterocycles. The number of carbonyl (C=O) groups is 1. The van der Waals surface area contributed by atoms with Crippen LogP contribution in [0.2, 0.25) is 5.02 Å². The number of amides is 2. The van der Waals surface area contributed by atoms with Crippen LogP contribution in [0.4, 0.5) is 16.4 Å². The first kappa shape index (κ1) is 19.7. The van der Waals surface area contributed by atoms with Gasteiger partial charge in [0.1, 0.15) is 5.76 Å². The van der Waals surface area contributed by atoms with Crippen molar-refractivity contribution in [1.82, 2.24) is 4.90 Å². The molecule has 2 N–H and O–H groups in total. The normalized spacial score (nSPS) is 11.0. The lowest BCUT2D eigenvalue weighted by Crippen LogP contribution is -2.19. The average Bonchev–Trinajstić information content (AvgIpc) is 2.80. The number of benzene rings is 1. The lowest BCUT2D eigenvalue weighted by Gasteiger charge is -2.10. The van der Waals surface area contributed by atoms with E-state index < -0.39 is 0 Å². The number of hydrogen-bond acceptors (Lipinski definition) is 4. The van der Waals surface area contributed by atoms with Crippen LogP contribution < -0.4 is 10.6 Å². The molecule has 1 aromatic heterocycles. The molecule has 1 heterocycles. The number of urea groups is 1. The SMILES string of the molecule is Cc1ccc(NC(=O)Nc2oc(CCS)c(CN(C)C)c2C)cc1Cl. The second-order valence-electron chi connectivity index (χ2n) is 6.21. The second kappa shape index (κ2) is 8.65. The van der Waals surface area contributed by atoms with E-state index in [0.29, 0.717) is 28.8 Å². The van der Waals surface area contributed by atoms with E-state index >= 15 is 0 Å². The van der Waals surface area contributed by atoms with E-state index in [1.54, 1.807) is 12.1 Å². The highest BCUT2D eigenvalue weighted by Crippen LogP contribution is 2.28. The van der Waals surface area contributed by atoms with Crippen molar-refractivity contribution >= 4 is 41.8 Å². The standard InChI is InChI=1S/C18H24ClN3O2S/c1-11-5-6-13(9-15(11)19)20-18(23)21-17-12(2)14(10-22(3)4)16(24-17)7-8-25/h5-6,9,25H,7-8,10H2,1-4H3,(H2,20,21,23). The third kappa shape index (κ3) is 5.17. The summed E-state index contributed by atoms with van der Waals surface area (Å²) in [6.07, 6.45) is 0.712. The van der Waals surface area contributed by atoms with Crippen LogP contribution >= 0.6 is 24.2 Å². The zero-order chi connectivity index (χ0) is 18.6. The lowest BCUT2D eigenvalue weighted by molar-refractivity contribution is 0.261. The smallest absolute Gasteiger partial charge is 0.326 e. The number of thiol groups is 1. The second-order valence-corrected chi connectivity index (χ2v) is 7.07. The van der Waals surface area contributed by atoms with Gasteiger partial charge in [-0.1, -0.05) is 17.7 Å². The number of carbonyl (C=O) groups excluding carboxylic acids is 1. The van der Waals surface area contributed by atoms with Crippen LogP contribution in [0.15, 0.2) is 22.6 Å². The van der Waals surface area contributed by atoms with E-state index in [4.69, 9.17) is 16.0 Å². The fourth-order valence-corrected chi connectivity index (χ4v) is 2.87. The highest BCUT2D eigenvalue weighted by Gasteiger charge is 2.19. The molecule has 5 nitrogen and oxygen atoms in total. The summed E-state index contributed by atoms with van der Waals surface area (Å²) in [4.78, 5) is 14.3. The summed E-state index contributed by atoms with van der Waals surface area (Å²) in [5.74, 6) is 2.00. The van der Waals surface area contributed by atoms with Gasteiger partial charge in [0, 0.05) is 34.8 Å².